The summed E-state index contributed by atoms with van der Waals surface area (Å²) in [6, 6.07) is 8.21. The minimum Gasteiger partial charge on any atom is -0.347 e. The van der Waals surface area contributed by atoms with E-state index in [-0.39, 0.29) is 21.4 Å². The van der Waals surface area contributed by atoms with Gasteiger partial charge in [-0.1, -0.05) is 18.0 Å². The molecule has 1 aromatic carbocycles. The highest BCUT2D eigenvalue weighted by Gasteiger charge is 2.28. The van der Waals surface area contributed by atoms with Crippen molar-refractivity contribution in [2.24, 2.45) is 0 Å². The highest BCUT2D eigenvalue weighted by Crippen LogP contribution is 2.28. The van der Waals surface area contributed by atoms with Crippen molar-refractivity contribution in [3.05, 3.63) is 49.6 Å². The van der Waals surface area contributed by atoms with E-state index < -0.39 is 10.0 Å². The van der Waals surface area contributed by atoms with Crippen LogP contribution in [0.2, 0.25) is 5.02 Å². The molecule has 1 amide bonds. The van der Waals surface area contributed by atoms with Gasteiger partial charge in [0, 0.05) is 23.5 Å². The second-order valence-electron chi connectivity index (χ2n) is 6.00. The fourth-order valence-electron chi connectivity index (χ4n) is 2.80. The van der Waals surface area contributed by atoms with Gasteiger partial charge in [0.2, 0.25) is 10.0 Å². The Bertz CT molecular complexity index is 908. The van der Waals surface area contributed by atoms with E-state index in [0.717, 1.165) is 27.9 Å². The quantitative estimate of drug-likeness (QED) is 0.699. The van der Waals surface area contributed by atoms with Gasteiger partial charge in [-0.25, -0.2) is 8.42 Å². The van der Waals surface area contributed by atoms with E-state index in [1.807, 2.05) is 12.1 Å². The van der Waals surface area contributed by atoms with Crippen molar-refractivity contribution in [1.29, 1.82) is 0 Å². The van der Waals surface area contributed by atoms with Crippen LogP contribution in [0.3, 0.4) is 0 Å². The fraction of sp³-hybridized carbons (Fsp3) is 0.353. The van der Waals surface area contributed by atoms with E-state index in [9.17, 15) is 13.2 Å². The Hall–Kier alpha value is -0.930. The third kappa shape index (κ3) is 4.48. The summed E-state index contributed by atoms with van der Waals surface area (Å²) in [6.45, 7) is 1.36. The van der Waals surface area contributed by atoms with Crippen molar-refractivity contribution in [2.75, 3.05) is 13.1 Å². The Morgan fingerprint density at radius 1 is 1.19 bits per heavy atom. The Balaban J connectivity index is 1.79. The lowest BCUT2D eigenvalue weighted by Crippen LogP contribution is -2.36. The predicted molar refractivity (Wildman–Crippen MR) is 107 cm³/mol. The SMILES string of the molecule is O=C(NCc1ccc(Br)s1)c1ccc(Cl)c(S(=O)(=O)N2CCCCC2)c1. The summed E-state index contributed by atoms with van der Waals surface area (Å²) in [4.78, 5) is 13.4. The van der Waals surface area contributed by atoms with Crippen LogP contribution >= 0.6 is 38.9 Å². The topological polar surface area (TPSA) is 66.5 Å². The molecular formula is C17H18BrClN2O3S2. The van der Waals surface area contributed by atoms with Crippen LogP contribution in [0.15, 0.2) is 39.0 Å². The van der Waals surface area contributed by atoms with Gasteiger partial charge in [0.1, 0.15) is 4.90 Å². The molecular weight excluding hydrogens is 460 g/mol. The number of benzene rings is 1. The molecule has 0 aliphatic carbocycles. The maximum atomic E-state index is 12.9. The van der Waals surface area contributed by atoms with E-state index in [1.165, 1.54) is 33.8 Å². The molecule has 1 fully saturated rings. The third-order valence-electron chi connectivity index (χ3n) is 4.18. The first-order valence-electron chi connectivity index (χ1n) is 8.20. The highest BCUT2D eigenvalue weighted by atomic mass is 79.9. The number of piperidine rings is 1. The van der Waals surface area contributed by atoms with Crippen molar-refractivity contribution >= 4 is 54.8 Å². The van der Waals surface area contributed by atoms with Crippen molar-refractivity contribution in [3.8, 4) is 0 Å². The Morgan fingerprint density at radius 3 is 2.58 bits per heavy atom. The van der Waals surface area contributed by atoms with Crippen molar-refractivity contribution in [1.82, 2.24) is 9.62 Å². The van der Waals surface area contributed by atoms with Crippen LogP contribution in [-0.2, 0) is 16.6 Å². The summed E-state index contributed by atoms with van der Waals surface area (Å²) in [5.74, 6) is -0.332. The first kappa shape index (κ1) is 19.8. The number of carbonyl (C=O) groups is 1. The highest BCUT2D eigenvalue weighted by molar-refractivity contribution is 9.11. The third-order valence-corrected chi connectivity index (χ3v) is 8.18. The van der Waals surface area contributed by atoms with Crippen LogP contribution in [0, 0.1) is 0 Å². The zero-order valence-electron chi connectivity index (χ0n) is 13.9. The molecule has 1 aliphatic rings. The van der Waals surface area contributed by atoms with Gasteiger partial charge < -0.3 is 5.32 Å². The lowest BCUT2D eigenvalue weighted by atomic mass is 10.2. The molecule has 9 heteroatoms. The summed E-state index contributed by atoms with van der Waals surface area (Å²) in [6.07, 6.45) is 2.71. The number of thiophene rings is 1. The van der Waals surface area contributed by atoms with E-state index >= 15 is 0 Å². The Labute approximate surface area is 170 Å². The molecule has 26 heavy (non-hydrogen) atoms. The minimum absolute atomic E-state index is 0.00687. The first-order valence-corrected chi connectivity index (χ1v) is 11.6. The summed E-state index contributed by atoms with van der Waals surface area (Å²) < 4.78 is 28.2. The van der Waals surface area contributed by atoms with Crippen molar-refractivity contribution < 1.29 is 13.2 Å². The number of amides is 1. The van der Waals surface area contributed by atoms with Gasteiger partial charge in [0.05, 0.1) is 15.4 Å². The van der Waals surface area contributed by atoms with E-state index in [2.05, 4.69) is 21.2 Å². The second kappa shape index (κ2) is 8.39. The maximum absolute atomic E-state index is 12.9. The molecule has 3 rings (SSSR count). The van der Waals surface area contributed by atoms with Gasteiger partial charge in [-0.15, -0.1) is 11.3 Å². The number of nitrogens with zero attached hydrogens (tertiary/aromatic N) is 1. The molecule has 2 aromatic rings. The zero-order chi connectivity index (χ0) is 18.7. The predicted octanol–water partition coefficient (Wildman–Crippen LogP) is 4.27. The molecule has 140 valence electrons. The maximum Gasteiger partial charge on any atom is 0.251 e. The molecule has 0 unspecified atom stereocenters. The molecule has 1 saturated heterocycles. The Kier molecular flexibility index (Phi) is 6.40. The van der Waals surface area contributed by atoms with Gasteiger partial charge in [-0.3, -0.25) is 4.79 Å². The molecule has 1 aromatic heterocycles. The molecule has 0 bridgehead atoms. The molecule has 0 radical (unpaired) electrons. The minimum atomic E-state index is -3.70. The van der Waals surface area contributed by atoms with Gasteiger partial charge in [-0.2, -0.15) is 4.31 Å². The molecule has 2 heterocycles. The van der Waals surface area contributed by atoms with Gasteiger partial charge in [0.25, 0.3) is 5.91 Å². The molecule has 0 saturated carbocycles. The largest absolute Gasteiger partial charge is 0.347 e. The number of nitrogens with one attached hydrogen (secondary N) is 1. The first-order chi connectivity index (χ1) is 12.4. The van der Waals surface area contributed by atoms with Gasteiger partial charge in [0.15, 0.2) is 0 Å². The monoisotopic (exact) mass is 476 g/mol. The average molecular weight is 478 g/mol. The number of carbonyl (C=O) groups excluding carboxylic acids is 1. The average Bonchev–Trinajstić information content (AvgIpc) is 3.06. The zero-order valence-corrected chi connectivity index (χ0v) is 17.8. The van der Waals surface area contributed by atoms with Crippen LogP contribution in [0.25, 0.3) is 0 Å². The normalized spacial score (nSPS) is 15.8. The number of hydrogen-bond acceptors (Lipinski definition) is 4. The summed E-state index contributed by atoms with van der Waals surface area (Å²) in [5, 5.41) is 2.94. The van der Waals surface area contributed by atoms with Gasteiger partial charge >= 0.3 is 0 Å². The lowest BCUT2D eigenvalue weighted by Gasteiger charge is -2.26. The number of rotatable bonds is 5. The van der Waals surface area contributed by atoms with Crippen LogP contribution < -0.4 is 5.32 Å². The van der Waals surface area contributed by atoms with Crippen LogP contribution in [0.5, 0.6) is 0 Å². The lowest BCUT2D eigenvalue weighted by molar-refractivity contribution is 0.0951. The summed E-state index contributed by atoms with van der Waals surface area (Å²) in [7, 11) is -3.70. The van der Waals surface area contributed by atoms with Crippen LogP contribution in [0.4, 0.5) is 0 Å². The molecule has 5 nitrogen and oxygen atoms in total. The van der Waals surface area contributed by atoms with Crippen LogP contribution in [0.1, 0.15) is 34.5 Å². The van der Waals surface area contributed by atoms with E-state index in [4.69, 9.17) is 11.6 Å². The smallest absolute Gasteiger partial charge is 0.251 e. The fourth-order valence-corrected chi connectivity index (χ4v) is 6.24. The van der Waals surface area contributed by atoms with Gasteiger partial charge in [-0.05, 0) is 59.1 Å². The standard InChI is InChI=1S/C17H18BrClN2O3S2/c18-16-7-5-13(25-16)11-20-17(22)12-4-6-14(19)15(10-12)26(23,24)21-8-2-1-3-9-21/h4-7,10H,1-3,8-9,11H2,(H,20,22). The Morgan fingerprint density at radius 2 is 1.92 bits per heavy atom. The molecule has 1 aliphatic heterocycles. The summed E-state index contributed by atoms with van der Waals surface area (Å²) in [5.41, 5.74) is 0.278. The van der Waals surface area contributed by atoms with Crippen molar-refractivity contribution in [2.45, 2.75) is 30.7 Å². The summed E-state index contributed by atoms with van der Waals surface area (Å²) >= 11 is 11.1. The number of halogens is 2. The van der Waals surface area contributed by atoms with Crippen molar-refractivity contribution in [3.63, 3.8) is 0 Å². The van der Waals surface area contributed by atoms with E-state index in [0.29, 0.717) is 19.6 Å². The molecule has 0 atom stereocenters. The van der Waals surface area contributed by atoms with Crippen LogP contribution in [-0.4, -0.2) is 31.7 Å². The number of sulfonamides is 1. The second-order valence-corrected chi connectivity index (χ2v) is 10.9. The van der Waals surface area contributed by atoms with E-state index in [1.54, 1.807) is 0 Å². The molecule has 1 N–H and O–H groups in total. The number of hydrogen-bond donors (Lipinski definition) is 1. The molecule has 0 spiro atoms.